The third-order valence-corrected chi connectivity index (χ3v) is 5.08. The molecule has 0 radical (unpaired) electrons. The summed E-state index contributed by atoms with van der Waals surface area (Å²) in [5.41, 5.74) is 6.02. The number of rotatable bonds is 2. The number of aryl methyl sites for hydroxylation is 2. The Balaban J connectivity index is 1.55. The molecule has 0 atom stereocenters. The maximum absolute atomic E-state index is 4.77. The highest BCUT2D eigenvalue weighted by Crippen LogP contribution is 2.26. The van der Waals surface area contributed by atoms with Gasteiger partial charge in [0, 0.05) is 45.1 Å². The molecule has 2 aromatic heterocycles. The molecule has 0 spiro atoms. The maximum Gasteiger partial charge on any atom is 0.207 e. The second kappa shape index (κ2) is 5.82. The monoisotopic (exact) mass is 321 g/mol. The number of imidazole rings is 1. The van der Waals surface area contributed by atoms with Gasteiger partial charge in [0.05, 0.1) is 0 Å². The summed E-state index contributed by atoms with van der Waals surface area (Å²) >= 11 is 0. The van der Waals surface area contributed by atoms with Crippen LogP contribution in [0.1, 0.15) is 11.1 Å². The first-order chi connectivity index (χ1) is 11.6. The molecular weight excluding hydrogens is 298 g/mol. The lowest BCUT2D eigenvalue weighted by atomic mass is 10.1. The summed E-state index contributed by atoms with van der Waals surface area (Å²) in [7, 11) is 2.05. The molecule has 4 rings (SSSR count). The fourth-order valence-corrected chi connectivity index (χ4v) is 3.52. The zero-order valence-electron chi connectivity index (χ0n) is 14.5. The Hall–Kier alpha value is -2.56. The number of anilines is 2. The predicted octanol–water partition coefficient (Wildman–Crippen LogP) is 2.91. The van der Waals surface area contributed by atoms with Crippen LogP contribution in [0.3, 0.4) is 0 Å². The number of pyridine rings is 1. The van der Waals surface area contributed by atoms with E-state index in [1.54, 1.807) is 0 Å². The highest BCUT2D eigenvalue weighted by atomic mass is 15.4. The van der Waals surface area contributed by atoms with E-state index < -0.39 is 0 Å². The first-order valence-corrected chi connectivity index (χ1v) is 8.48. The van der Waals surface area contributed by atoms with Gasteiger partial charge in [0.25, 0.3) is 0 Å². The van der Waals surface area contributed by atoms with Crippen LogP contribution in [0.5, 0.6) is 0 Å². The first kappa shape index (κ1) is 15.0. The van der Waals surface area contributed by atoms with Crippen LogP contribution in [0.2, 0.25) is 0 Å². The van der Waals surface area contributed by atoms with Gasteiger partial charge in [-0.2, -0.15) is 0 Å². The quantitative estimate of drug-likeness (QED) is 0.727. The lowest BCUT2D eigenvalue weighted by molar-refractivity contribution is 0.630. The predicted molar refractivity (Wildman–Crippen MR) is 98.9 cm³/mol. The van der Waals surface area contributed by atoms with Gasteiger partial charge >= 0.3 is 0 Å². The number of nitrogens with zero attached hydrogens (tertiary/aromatic N) is 5. The summed E-state index contributed by atoms with van der Waals surface area (Å²) in [6, 6.07) is 10.5. The molecule has 0 aliphatic carbocycles. The van der Waals surface area contributed by atoms with E-state index in [1.165, 1.54) is 16.8 Å². The molecule has 0 N–H and O–H groups in total. The van der Waals surface area contributed by atoms with Gasteiger partial charge in [-0.15, -0.1) is 0 Å². The maximum atomic E-state index is 4.77. The SMILES string of the molecule is Cc1cccc(N2CCN(c3nc4cccnc4n3C)CC2)c1C. The van der Waals surface area contributed by atoms with E-state index in [1.807, 2.05) is 18.3 Å². The van der Waals surface area contributed by atoms with Crippen LogP contribution < -0.4 is 9.80 Å². The summed E-state index contributed by atoms with van der Waals surface area (Å²) < 4.78 is 2.10. The van der Waals surface area contributed by atoms with E-state index in [0.29, 0.717) is 0 Å². The molecule has 24 heavy (non-hydrogen) atoms. The highest BCUT2D eigenvalue weighted by molar-refractivity contribution is 5.74. The van der Waals surface area contributed by atoms with Crippen molar-refractivity contribution in [1.29, 1.82) is 0 Å². The Labute approximate surface area is 142 Å². The molecule has 5 heteroatoms. The zero-order valence-corrected chi connectivity index (χ0v) is 14.5. The van der Waals surface area contributed by atoms with Crippen molar-refractivity contribution in [3.63, 3.8) is 0 Å². The number of benzene rings is 1. The lowest BCUT2D eigenvalue weighted by Gasteiger charge is -2.37. The number of fused-ring (bicyclic) bond motifs is 1. The standard InChI is InChI=1S/C19H23N5/c1-14-6-4-8-17(15(14)2)23-10-12-24(13-11-23)19-21-16-7-5-9-20-18(16)22(19)3/h4-9H,10-13H2,1-3H3. The average molecular weight is 321 g/mol. The lowest BCUT2D eigenvalue weighted by Crippen LogP contribution is -2.47. The summed E-state index contributed by atoms with van der Waals surface area (Å²) in [6.07, 6.45) is 1.83. The minimum Gasteiger partial charge on any atom is -0.368 e. The van der Waals surface area contributed by atoms with Crippen molar-refractivity contribution in [2.24, 2.45) is 7.05 Å². The van der Waals surface area contributed by atoms with Crippen molar-refractivity contribution >= 4 is 22.8 Å². The molecule has 1 fully saturated rings. The molecule has 0 bridgehead atoms. The Morgan fingerprint density at radius 1 is 0.917 bits per heavy atom. The van der Waals surface area contributed by atoms with E-state index >= 15 is 0 Å². The van der Waals surface area contributed by atoms with Gasteiger partial charge < -0.3 is 9.80 Å². The van der Waals surface area contributed by atoms with Gasteiger partial charge in [-0.3, -0.25) is 4.57 Å². The molecule has 0 amide bonds. The van der Waals surface area contributed by atoms with Gasteiger partial charge in [-0.05, 0) is 43.2 Å². The Kier molecular flexibility index (Phi) is 3.63. The van der Waals surface area contributed by atoms with E-state index in [2.05, 4.69) is 58.4 Å². The van der Waals surface area contributed by atoms with Crippen LogP contribution in [-0.4, -0.2) is 40.7 Å². The second-order valence-corrected chi connectivity index (χ2v) is 6.51. The topological polar surface area (TPSA) is 37.2 Å². The Morgan fingerprint density at radius 3 is 2.42 bits per heavy atom. The molecule has 0 unspecified atom stereocenters. The van der Waals surface area contributed by atoms with Crippen molar-refractivity contribution in [2.75, 3.05) is 36.0 Å². The third kappa shape index (κ3) is 2.40. The third-order valence-electron chi connectivity index (χ3n) is 5.08. The molecule has 3 aromatic rings. The van der Waals surface area contributed by atoms with Gasteiger partial charge in [-0.1, -0.05) is 12.1 Å². The van der Waals surface area contributed by atoms with Crippen LogP contribution in [0, 0.1) is 13.8 Å². The fourth-order valence-electron chi connectivity index (χ4n) is 3.52. The van der Waals surface area contributed by atoms with Crippen molar-refractivity contribution in [1.82, 2.24) is 14.5 Å². The van der Waals surface area contributed by atoms with Crippen molar-refractivity contribution < 1.29 is 0 Å². The van der Waals surface area contributed by atoms with E-state index in [0.717, 1.165) is 43.3 Å². The van der Waals surface area contributed by atoms with E-state index in [-0.39, 0.29) is 0 Å². The minimum atomic E-state index is 0.949. The zero-order chi connectivity index (χ0) is 16.7. The number of hydrogen-bond donors (Lipinski definition) is 0. The van der Waals surface area contributed by atoms with E-state index in [9.17, 15) is 0 Å². The second-order valence-electron chi connectivity index (χ2n) is 6.51. The van der Waals surface area contributed by atoms with E-state index in [4.69, 9.17) is 4.98 Å². The Morgan fingerprint density at radius 2 is 1.67 bits per heavy atom. The molecule has 1 aromatic carbocycles. The largest absolute Gasteiger partial charge is 0.368 e. The fraction of sp³-hybridized carbons (Fsp3) is 0.368. The van der Waals surface area contributed by atoms with Gasteiger partial charge in [0.1, 0.15) is 5.52 Å². The molecule has 124 valence electrons. The summed E-state index contributed by atoms with van der Waals surface area (Å²) in [4.78, 5) is 14.1. The normalized spacial score (nSPS) is 15.3. The highest BCUT2D eigenvalue weighted by Gasteiger charge is 2.22. The van der Waals surface area contributed by atoms with Gasteiger partial charge in [0.2, 0.25) is 5.95 Å². The van der Waals surface area contributed by atoms with Crippen LogP contribution in [-0.2, 0) is 7.05 Å². The molecule has 1 aliphatic heterocycles. The first-order valence-electron chi connectivity index (χ1n) is 8.48. The number of piperazine rings is 1. The van der Waals surface area contributed by atoms with Crippen LogP contribution in [0.15, 0.2) is 36.5 Å². The van der Waals surface area contributed by atoms with Gasteiger partial charge in [-0.25, -0.2) is 9.97 Å². The average Bonchev–Trinajstić information content (AvgIpc) is 2.95. The molecule has 3 heterocycles. The van der Waals surface area contributed by atoms with Gasteiger partial charge in [0.15, 0.2) is 5.65 Å². The molecule has 0 saturated carbocycles. The summed E-state index contributed by atoms with van der Waals surface area (Å²) in [5.74, 6) is 1.02. The van der Waals surface area contributed by atoms with Crippen molar-refractivity contribution in [3.8, 4) is 0 Å². The molecular formula is C19H23N5. The van der Waals surface area contributed by atoms with Crippen LogP contribution >= 0.6 is 0 Å². The minimum absolute atomic E-state index is 0.949. The van der Waals surface area contributed by atoms with Crippen LogP contribution in [0.25, 0.3) is 11.2 Å². The molecule has 1 saturated heterocycles. The van der Waals surface area contributed by atoms with Crippen molar-refractivity contribution in [2.45, 2.75) is 13.8 Å². The van der Waals surface area contributed by atoms with Crippen LogP contribution in [0.4, 0.5) is 11.6 Å². The summed E-state index contributed by atoms with van der Waals surface area (Å²) in [5, 5.41) is 0. The van der Waals surface area contributed by atoms with Crippen molar-refractivity contribution in [3.05, 3.63) is 47.7 Å². The Bertz CT molecular complexity index is 875. The number of aromatic nitrogens is 3. The number of hydrogen-bond acceptors (Lipinski definition) is 4. The summed E-state index contributed by atoms with van der Waals surface area (Å²) in [6.45, 7) is 8.38. The smallest absolute Gasteiger partial charge is 0.207 e. The molecule has 1 aliphatic rings. The molecule has 5 nitrogen and oxygen atoms in total.